The van der Waals surface area contributed by atoms with E-state index in [2.05, 4.69) is 12.6 Å². The molecular formula is C13H18O5S. The molecule has 0 aromatic heterocycles. The number of thiol groups is 1. The fraction of sp³-hybridized carbons (Fsp3) is 0.538. The van der Waals surface area contributed by atoms with Crippen LogP contribution >= 0.6 is 12.6 Å². The van der Waals surface area contributed by atoms with Crippen molar-refractivity contribution >= 4 is 12.6 Å². The molecule has 0 aliphatic carbocycles. The van der Waals surface area contributed by atoms with E-state index in [9.17, 15) is 15.3 Å². The zero-order valence-corrected chi connectivity index (χ0v) is 11.3. The van der Waals surface area contributed by atoms with Crippen molar-refractivity contribution in [2.75, 3.05) is 19.8 Å². The van der Waals surface area contributed by atoms with E-state index in [1.54, 1.807) is 12.1 Å². The van der Waals surface area contributed by atoms with Crippen LogP contribution < -0.4 is 4.74 Å². The van der Waals surface area contributed by atoms with E-state index in [1.807, 2.05) is 0 Å². The first-order valence-corrected chi connectivity index (χ1v) is 6.62. The number of hydrogen-bond acceptors (Lipinski definition) is 6. The van der Waals surface area contributed by atoms with Crippen LogP contribution in [0.4, 0.5) is 0 Å². The fourth-order valence-electron chi connectivity index (χ4n) is 2.03. The molecule has 1 aromatic rings. The van der Waals surface area contributed by atoms with Crippen LogP contribution in [0.15, 0.2) is 23.1 Å². The fourth-order valence-corrected chi connectivity index (χ4v) is 2.23. The number of rotatable bonds is 4. The highest BCUT2D eigenvalue weighted by Gasteiger charge is 2.27. The van der Waals surface area contributed by atoms with Crippen LogP contribution in [-0.2, 0) is 10.7 Å². The van der Waals surface area contributed by atoms with Gasteiger partial charge in [0.05, 0.1) is 12.2 Å². The first-order valence-electron chi connectivity index (χ1n) is 6.18. The summed E-state index contributed by atoms with van der Waals surface area (Å²) in [5.74, 6) is -2.30. The Labute approximate surface area is 117 Å². The minimum atomic E-state index is -2.93. The predicted octanol–water partition coefficient (Wildman–Crippen LogP) is 0.868. The topological polar surface area (TPSA) is 79.2 Å². The lowest BCUT2D eigenvalue weighted by molar-refractivity contribution is -0.324. The summed E-state index contributed by atoms with van der Waals surface area (Å²) < 4.78 is 10.8. The second-order valence-corrected chi connectivity index (χ2v) is 5.20. The third kappa shape index (κ3) is 4.09. The van der Waals surface area contributed by atoms with Crippen molar-refractivity contribution < 1.29 is 24.8 Å². The second-order valence-electron chi connectivity index (χ2n) is 4.68. The van der Waals surface area contributed by atoms with Gasteiger partial charge >= 0.3 is 5.97 Å². The summed E-state index contributed by atoms with van der Waals surface area (Å²) in [6.45, 7) is 1.90. The molecule has 1 fully saturated rings. The van der Waals surface area contributed by atoms with E-state index >= 15 is 0 Å². The van der Waals surface area contributed by atoms with E-state index < -0.39 is 5.97 Å². The maximum absolute atomic E-state index is 9.31. The molecule has 1 aliphatic rings. The van der Waals surface area contributed by atoms with Gasteiger partial charge in [-0.25, -0.2) is 0 Å². The van der Waals surface area contributed by atoms with Gasteiger partial charge in [0.15, 0.2) is 0 Å². The summed E-state index contributed by atoms with van der Waals surface area (Å²) >= 11 is 4.10. The molecule has 0 radical (unpaired) electrons. The Morgan fingerprint density at radius 2 is 1.95 bits per heavy atom. The summed E-state index contributed by atoms with van der Waals surface area (Å²) in [6, 6.07) is 4.59. The van der Waals surface area contributed by atoms with Crippen molar-refractivity contribution in [3.05, 3.63) is 23.8 Å². The van der Waals surface area contributed by atoms with Gasteiger partial charge in [0, 0.05) is 18.1 Å². The zero-order chi connectivity index (χ0) is 13.9. The Bertz CT molecular complexity index is 424. The summed E-state index contributed by atoms with van der Waals surface area (Å²) in [7, 11) is 0. The maximum atomic E-state index is 9.31. The number of ether oxygens (including phenoxy) is 2. The van der Waals surface area contributed by atoms with Gasteiger partial charge in [0.2, 0.25) is 0 Å². The lowest BCUT2D eigenvalue weighted by Crippen LogP contribution is -2.26. The largest absolute Gasteiger partial charge is 0.493 e. The molecule has 5 nitrogen and oxygen atoms in total. The summed E-state index contributed by atoms with van der Waals surface area (Å²) in [6.07, 6.45) is 1.84. The Balaban J connectivity index is 2.06. The van der Waals surface area contributed by atoms with E-state index in [4.69, 9.17) is 9.47 Å². The Kier molecular flexibility index (Phi) is 4.70. The molecule has 6 heteroatoms. The van der Waals surface area contributed by atoms with Gasteiger partial charge in [0.25, 0.3) is 0 Å². The Hall–Kier alpha value is -0.790. The van der Waals surface area contributed by atoms with Crippen molar-refractivity contribution in [1.29, 1.82) is 0 Å². The highest BCUT2D eigenvalue weighted by atomic mass is 32.1. The standard InChI is InChI=1S/C13H18O5S/c14-13(15,16)11-7-10(19)1-2-12(11)18-8-9-3-5-17-6-4-9/h1-2,7,9,14-16,19H,3-6,8H2. The summed E-state index contributed by atoms with van der Waals surface area (Å²) in [5.41, 5.74) is -0.105. The first-order chi connectivity index (χ1) is 8.97. The lowest BCUT2D eigenvalue weighted by atomic mass is 10.0. The quantitative estimate of drug-likeness (QED) is 0.488. The van der Waals surface area contributed by atoms with Crippen LogP contribution in [-0.4, -0.2) is 35.1 Å². The molecule has 1 saturated heterocycles. The normalized spacial score (nSPS) is 17.5. The Morgan fingerprint density at radius 1 is 1.26 bits per heavy atom. The smallest absolute Gasteiger partial charge is 0.308 e. The number of hydrogen-bond donors (Lipinski definition) is 4. The average Bonchev–Trinajstić information content (AvgIpc) is 2.37. The summed E-state index contributed by atoms with van der Waals surface area (Å²) in [5, 5.41) is 27.9. The minimum Gasteiger partial charge on any atom is -0.493 e. The molecule has 0 unspecified atom stereocenters. The van der Waals surface area contributed by atoms with Gasteiger partial charge in [0.1, 0.15) is 5.75 Å². The van der Waals surface area contributed by atoms with Gasteiger partial charge in [-0.15, -0.1) is 12.6 Å². The average molecular weight is 286 g/mol. The van der Waals surface area contributed by atoms with E-state index in [1.165, 1.54) is 6.07 Å². The Morgan fingerprint density at radius 3 is 2.58 bits per heavy atom. The minimum absolute atomic E-state index is 0.105. The third-order valence-corrected chi connectivity index (χ3v) is 3.42. The highest BCUT2D eigenvalue weighted by molar-refractivity contribution is 7.80. The molecule has 2 rings (SSSR count). The SMILES string of the molecule is OC(O)(O)c1cc(S)ccc1OCC1CCOCC1. The van der Waals surface area contributed by atoms with Crippen LogP contribution in [0.5, 0.6) is 5.75 Å². The maximum Gasteiger partial charge on any atom is 0.308 e. The molecule has 0 spiro atoms. The van der Waals surface area contributed by atoms with E-state index in [-0.39, 0.29) is 11.3 Å². The van der Waals surface area contributed by atoms with Gasteiger partial charge in [-0.2, -0.15) is 0 Å². The van der Waals surface area contributed by atoms with Crippen molar-refractivity contribution in [3.8, 4) is 5.75 Å². The highest BCUT2D eigenvalue weighted by Crippen LogP contribution is 2.30. The monoisotopic (exact) mass is 286 g/mol. The molecular weight excluding hydrogens is 268 g/mol. The van der Waals surface area contributed by atoms with Crippen molar-refractivity contribution in [2.45, 2.75) is 23.7 Å². The molecule has 3 N–H and O–H groups in total. The van der Waals surface area contributed by atoms with Crippen LogP contribution in [0.3, 0.4) is 0 Å². The van der Waals surface area contributed by atoms with Crippen molar-refractivity contribution in [3.63, 3.8) is 0 Å². The van der Waals surface area contributed by atoms with Crippen LogP contribution in [0, 0.1) is 5.92 Å². The third-order valence-electron chi connectivity index (χ3n) is 3.14. The molecule has 0 atom stereocenters. The number of aliphatic hydroxyl groups is 3. The van der Waals surface area contributed by atoms with Gasteiger partial charge in [-0.05, 0) is 37.0 Å². The van der Waals surface area contributed by atoms with Gasteiger partial charge in [-0.3, -0.25) is 0 Å². The lowest BCUT2D eigenvalue weighted by Gasteiger charge is -2.24. The van der Waals surface area contributed by atoms with Crippen LogP contribution in [0.2, 0.25) is 0 Å². The zero-order valence-electron chi connectivity index (χ0n) is 10.5. The van der Waals surface area contributed by atoms with Crippen molar-refractivity contribution in [1.82, 2.24) is 0 Å². The van der Waals surface area contributed by atoms with Crippen LogP contribution in [0.25, 0.3) is 0 Å². The van der Waals surface area contributed by atoms with Gasteiger partial charge in [-0.1, -0.05) is 0 Å². The van der Waals surface area contributed by atoms with Crippen LogP contribution in [0.1, 0.15) is 18.4 Å². The summed E-state index contributed by atoms with van der Waals surface area (Å²) in [4.78, 5) is 0.509. The first kappa shape index (κ1) is 14.6. The molecule has 0 saturated carbocycles. The molecule has 19 heavy (non-hydrogen) atoms. The van der Waals surface area contributed by atoms with Crippen molar-refractivity contribution in [2.24, 2.45) is 5.92 Å². The molecule has 106 valence electrons. The molecule has 1 heterocycles. The molecule has 1 aliphatic heterocycles. The van der Waals surface area contributed by atoms with E-state index in [0.717, 1.165) is 26.1 Å². The molecule has 0 amide bonds. The second kappa shape index (κ2) is 6.11. The molecule has 1 aromatic carbocycles. The van der Waals surface area contributed by atoms with Gasteiger partial charge < -0.3 is 24.8 Å². The van der Waals surface area contributed by atoms with E-state index in [0.29, 0.717) is 17.4 Å². The number of benzene rings is 1. The predicted molar refractivity (Wildman–Crippen MR) is 71.1 cm³/mol. The molecule has 0 bridgehead atoms.